The minimum atomic E-state index is -0.275. The number of benzene rings is 1. The number of hydrogen-bond donors (Lipinski definition) is 2. The number of carbonyl (C=O) groups is 1. The lowest BCUT2D eigenvalue weighted by Crippen LogP contribution is -2.25. The smallest absolute Gasteiger partial charge is 0.306 e. The Morgan fingerprint density at radius 3 is 2.67 bits per heavy atom. The van der Waals surface area contributed by atoms with E-state index < -0.39 is 0 Å². The number of hydrogen-bond acceptors (Lipinski definition) is 2. The van der Waals surface area contributed by atoms with E-state index >= 15 is 0 Å². The third-order valence-electron chi connectivity index (χ3n) is 3.14. The zero-order valence-electron chi connectivity index (χ0n) is 10.9. The molecule has 4 heteroatoms. The van der Waals surface area contributed by atoms with Crippen LogP contribution in [0, 0.1) is 13.8 Å². The first-order valence-corrected chi connectivity index (χ1v) is 6.35. The number of amides is 2. The van der Waals surface area contributed by atoms with E-state index in [0.717, 1.165) is 35.4 Å². The minimum absolute atomic E-state index is 0.275. The molecule has 0 bridgehead atoms. The number of anilines is 1. The van der Waals surface area contributed by atoms with Crippen molar-refractivity contribution in [2.24, 2.45) is 5.10 Å². The Balaban J connectivity index is 1.94. The maximum absolute atomic E-state index is 11.7. The second-order valence-corrected chi connectivity index (χ2v) is 4.77. The molecule has 1 aromatic carbocycles. The third kappa shape index (κ3) is 3.32. The summed E-state index contributed by atoms with van der Waals surface area (Å²) in [7, 11) is 0. The normalized spacial score (nSPS) is 14.4. The van der Waals surface area contributed by atoms with Gasteiger partial charge in [0, 0.05) is 11.4 Å². The Morgan fingerprint density at radius 2 is 1.94 bits per heavy atom. The molecular weight excluding hydrogens is 226 g/mol. The first kappa shape index (κ1) is 12.6. The fourth-order valence-electron chi connectivity index (χ4n) is 2.05. The Labute approximate surface area is 107 Å². The van der Waals surface area contributed by atoms with Crippen molar-refractivity contribution in [2.75, 3.05) is 5.32 Å². The van der Waals surface area contributed by atoms with Crippen molar-refractivity contribution in [3.8, 4) is 0 Å². The van der Waals surface area contributed by atoms with Gasteiger partial charge in [-0.15, -0.1) is 0 Å². The molecule has 0 aliphatic heterocycles. The standard InChI is InChI=1S/C14H19N3O/c1-10-7-8-11(2)13(9-10)15-14(18)17-16-12-5-3-4-6-12/h7-9H,3-6H2,1-2H3,(H2,15,17,18). The molecular formula is C14H19N3O. The topological polar surface area (TPSA) is 53.5 Å². The van der Waals surface area contributed by atoms with E-state index in [9.17, 15) is 4.79 Å². The molecule has 18 heavy (non-hydrogen) atoms. The van der Waals surface area contributed by atoms with Crippen LogP contribution in [0.15, 0.2) is 23.3 Å². The summed E-state index contributed by atoms with van der Waals surface area (Å²) in [6.07, 6.45) is 4.37. The van der Waals surface area contributed by atoms with Crippen molar-refractivity contribution >= 4 is 17.4 Å². The Kier molecular flexibility index (Phi) is 3.97. The highest BCUT2D eigenvalue weighted by molar-refractivity contribution is 5.92. The molecule has 0 aromatic heterocycles. The van der Waals surface area contributed by atoms with Crippen LogP contribution < -0.4 is 10.7 Å². The predicted molar refractivity (Wildman–Crippen MR) is 74.0 cm³/mol. The monoisotopic (exact) mass is 245 g/mol. The van der Waals surface area contributed by atoms with Crippen molar-refractivity contribution in [3.05, 3.63) is 29.3 Å². The van der Waals surface area contributed by atoms with E-state index in [-0.39, 0.29) is 6.03 Å². The van der Waals surface area contributed by atoms with Gasteiger partial charge in [0.1, 0.15) is 0 Å². The maximum atomic E-state index is 11.7. The minimum Gasteiger partial charge on any atom is -0.306 e. The second kappa shape index (κ2) is 5.67. The number of nitrogens with zero attached hydrogens (tertiary/aromatic N) is 1. The molecule has 0 heterocycles. The number of rotatable bonds is 2. The molecule has 1 saturated carbocycles. The highest BCUT2D eigenvalue weighted by Crippen LogP contribution is 2.16. The average molecular weight is 245 g/mol. The van der Waals surface area contributed by atoms with E-state index in [1.165, 1.54) is 12.8 Å². The zero-order valence-corrected chi connectivity index (χ0v) is 10.9. The molecule has 1 aromatic rings. The van der Waals surface area contributed by atoms with Crippen molar-refractivity contribution in [1.82, 2.24) is 5.43 Å². The molecule has 96 valence electrons. The van der Waals surface area contributed by atoms with Gasteiger partial charge in [0.15, 0.2) is 0 Å². The molecule has 2 rings (SSSR count). The number of aryl methyl sites for hydroxylation is 2. The predicted octanol–water partition coefficient (Wildman–Crippen LogP) is 3.35. The highest BCUT2D eigenvalue weighted by Gasteiger charge is 2.09. The van der Waals surface area contributed by atoms with E-state index in [4.69, 9.17) is 0 Å². The van der Waals surface area contributed by atoms with Crippen LogP contribution in [0.2, 0.25) is 0 Å². The lowest BCUT2D eigenvalue weighted by molar-refractivity contribution is 0.252. The Hall–Kier alpha value is -1.84. The van der Waals surface area contributed by atoms with Gasteiger partial charge in [0.25, 0.3) is 0 Å². The summed E-state index contributed by atoms with van der Waals surface area (Å²) in [5.41, 5.74) is 6.65. The van der Waals surface area contributed by atoms with Crippen LogP contribution in [-0.4, -0.2) is 11.7 Å². The lowest BCUT2D eigenvalue weighted by atomic mass is 10.1. The number of carbonyl (C=O) groups excluding carboxylic acids is 1. The van der Waals surface area contributed by atoms with Gasteiger partial charge in [-0.3, -0.25) is 0 Å². The fraction of sp³-hybridized carbons (Fsp3) is 0.429. The van der Waals surface area contributed by atoms with Crippen molar-refractivity contribution in [1.29, 1.82) is 0 Å². The fourth-order valence-corrected chi connectivity index (χ4v) is 2.05. The molecule has 4 nitrogen and oxygen atoms in total. The van der Waals surface area contributed by atoms with Crippen molar-refractivity contribution in [3.63, 3.8) is 0 Å². The molecule has 0 unspecified atom stereocenters. The van der Waals surface area contributed by atoms with Gasteiger partial charge in [0.05, 0.1) is 0 Å². The number of nitrogens with one attached hydrogen (secondary N) is 2. The zero-order chi connectivity index (χ0) is 13.0. The van der Waals surface area contributed by atoms with Crippen molar-refractivity contribution in [2.45, 2.75) is 39.5 Å². The molecule has 2 N–H and O–H groups in total. The summed E-state index contributed by atoms with van der Waals surface area (Å²) in [5.74, 6) is 0. The molecule has 2 amide bonds. The molecule has 0 saturated heterocycles. The summed E-state index contributed by atoms with van der Waals surface area (Å²) < 4.78 is 0. The molecule has 0 atom stereocenters. The average Bonchev–Trinajstić information content (AvgIpc) is 2.84. The van der Waals surface area contributed by atoms with E-state index in [1.54, 1.807) is 0 Å². The van der Waals surface area contributed by atoms with Crippen LogP contribution >= 0.6 is 0 Å². The first-order chi connectivity index (χ1) is 8.65. The van der Waals surface area contributed by atoms with Crippen molar-refractivity contribution < 1.29 is 4.79 Å². The third-order valence-corrected chi connectivity index (χ3v) is 3.14. The largest absolute Gasteiger partial charge is 0.339 e. The highest BCUT2D eigenvalue weighted by atomic mass is 16.2. The van der Waals surface area contributed by atoms with Crippen LogP contribution in [0.1, 0.15) is 36.8 Å². The lowest BCUT2D eigenvalue weighted by Gasteiger charge is -2.08. The van der Waals surface area contributed by atoms with E-state index in [1.807, 2.05) is 32.0 Å². The summed E-state index contributed by atoms with van der Waals surface area (Å²) in [6, 6.07) is 5.70. The molecule has 1 aliphatic carbocycles. The van der Waals surface area contributed by atoms with Gasteiger partial charge in [0.2, 0.25) is 0 Å². The summed E-state index contributed by atoms with van der Waals surface area (Å²) in [6.45, 7) is 3.97. The Bertz CT molecular complexity index is 472. The number of hydrazone groups is 1. The summed E-state index contributed by atoms with van der Waals surface area (Å²) in [4.78, 5) is 11.7. The molecule has 0 radical (unpaired) electrons. The second-order valence-electron chi connectivity index (χ2n) is 4.77. The summed E-state index contributed by atoms with van der Waals surface area (Å²) >= 11 is 0. The molecule has 1 fully saturated rings. The quantitative estimate of drug-likeness (QED) is 0.771. The van der Waals surface area contributed by atoms with Gasteiger partial charge in [-0.1, -0.05) is 12.1 Å². The molecule has 0 spiro atoms. The van der Waals surface area contributed by atoms with E-state index in [2.05, 4.69) is 15.8 Å². The Morgan fingerprint density at radius 1 is 1.22 bits per heavy atom. The van der Waals surface area contributed by atoms with Gasteiger partial charge in [-0.25, -0.2) is 10.2 Å². The van der Waals surface area contributed by atoms with Crippen LogP contribution in [0.3, 0.4) is 0 Å². The van der Waals surface area contributed by atoms with Crippen LogP contribution in [-0.2, 0) is 0 Å². The SMILES string of the molecule is Cc1ccc(C)c(NC(=O)NN=C2CCCC2)c1. The van der Waals surface area contributed by atoms with E-state index in [0.29, 0.717) is 0 Å². The van der Waals surface area contributed by atoms with Gasteiger partial charge < -0.3 is 5.32 Å². The number of urea groups is 1. The van der Waals surface area contributed by atoms with Gasteiger partial charge in [-0.2, -0.15) is 5.10 Å². The van der Waals surface area contributed by atoms with Crippen LogP contribution in [0.5, 0.6) is 0 Å². The maximum Gasteiger partial charge on any atom is 0.339 e. The first-order valence-electron chi connectivity index (χ1n) is 6.35. The van der Waals surface area contributed by atoms with Crippen LogP contribution in [0.25, 0.3) is 0 Å². The molecule has 1 aliphatic rings. The van der Waals surface area contributed by atoms with Gasteiger partial charge >= 0.3 is 6.03 Å². The van der Waals surface area contributed by atoms with Crippen LogP contribution in [0.4, 0.5) is 10.5 Å². The summed E-state index contributed by atoms with van der Waals surface area (Å²) in [5, 5.41) is 6.94. The van der Waals surface area contributed by atoms with Gasteiger partial charge in [-0.05, 0) is 56.7 Å².